The van der Waals surface area contributed by atoms with Gasteiger partial charge in [0.05, 0.1) is 12.1 Å². The molecule has 6 nitrogen and oxygen atoms in total. The van der Waals surface area contributed by atoms with Crippen LogP contribution >= 0.6 is 0 Å². The van der Waals surface area contributed by atoms with E-state index in [1.54, 1.807) is 14.0 Å². The number of nitrogens with zero attached hydrogens (tertiary/aromatic N) is 2. The lowest BCUT2D eigenvalue weighted by Crippen LogP contribution is -2.52. The van der Waals surface area contributed by atoms with Crippen molar-refractivity contribution in [3.63, 3.8) is 0 Å². The number of benzene rings is 2. The maximum Gasteiger partial charge on any atom is 0.245 e. The quantitative estimate of drug-likeness (QED) is 0.682. The zero-order valence-electron chi connectivity index (χ0n) is 19.0. The van der Waals surface area contributed by atoms with Crippen molar-refractivity contribution in [3.8, 4) is 0 Å². The predicted molar refractivity (Wildman–Crippen MR) is 125 cm³/mol. The number of nitrogens with one attached hydrogen (secondary N) is 2. The molecule has 2 amide bonds. The third-order valence-corrected chi connectivity index (χ3v) is 6.17. The molecule has 0 saturated carbocycles. The van der Waals surface area contributed by atoms with Crippen molar-refractivity contribution in [2.45, 2.75) is 51.2 Å². The third-order valence-electron chi connectivity index (χ3n) is 6.17. The van der Waals surface area contributed by atoms with E-state index in [1.807, 2.05) is 30.0 Å². The molecule has 1 aliphatic rings. The molecule has 0 spiro atoms. The van der Waals surface area contributed by atoms with Gasteiger partial charge in [-0.1, -0.05) is 37.3 Å². The highest BCUT2D eigenvalue weighted by molar-refractivity contribution is 5.90. The Balaban J connectivity index is 1.78. The van der Waals surface area contributed by atoms with Gasteiger partial charge in [0.2, 0.25) is 11.8 Å². The van der Waals surface area contributed by atoms with E-state index in [2.05, 4.69) is 59.0 Å². The number of hydrogen-bond acceptors (Lipinski definition) is 4. The summed E-state index contributed by atoms with van der Waals surface area (Å²) in [6, 6.07) is 17.8. The molecule has 0 radical (unpaired) electrons. The van der Waals surface area contributed by atoms with Gasteiger partial charge in [-0.15, -0.1) is 0 Å². The van der Waals surface area contributed by atoms with Gasteiger partial charge in [0.25, 0.3) is 0 Å². The first-order valence-electron chi connectivity index (χ1n) is 11.1. The molecule has 0 aliphatic carbocycles. The van der Waals surface area contributed by atoms with E-state index >= 15 is 0 Å². The Kier molecular flexibility index (Phi) is 7.69. The number of rotatable bonds is 8. The first-order chi connectivity index (χ1) is 15.0. The van der Waals surface area contributed by atoms with E-state index in [1.165, 1.54) is 0 Å². The molecule has 2 N–H and O–H groups in total. The number of anilines is 2. The third kappa shape index (κ3) is 5.25. The van der Waals surface area contributed by atoms with Crippen LogP contribution in [0.25, 0.3) is 0 Å². The fourth-order valence-electron chi connectivity index (χ4n) is 4.08. The smallest absolute Gasteiger partial charge is 0.245 e. The van der Waals surface area contributed by atoms with Gasteiger partial charge in [-0.25, -0.2) is 0 Å². The lowest BCUT2D eigenvalue weighted by atomic mass is 10.0. The molecule has 31 heavy (non-hydrogen) atoms. The topological polar surface area (TPSA) is 64.7 Å². The zero-order valence-corrected chi connectivity index (χ0v) is 19.0. The Bertz CT molecular complexity index is 886. The second-order valence-electron chi connectivity index (χ2n) is 8.16. The second-order valence-corrected chi connectivity index (χ2v) is 8.16. The summed E-state index contributed by atoms with van der Waals surface area (Å²) in [4.78, 5) is 29.7. The van der Waals surface area contributed by atoms with E-state index in [-0.39, 0.29) is 23.9 Å². The number of hydrogen-bond donors (Lipinski definition) is 2. The average Bonchev–Trinajstić information content (AvgIpc) is 3.31. The Morgan fingerprint density at radius 2 is 1.84 bits per heavy atom. The Labute approximate surface area is 185 Å². The molecule has 0 bridgehead atoms. The second kappa shape index (κ2) is 10.4. The average molecular weight is 423 g/mol. The van der Waals surface area contributed by atoms with E-state index < -0.39 is 6.04 Å². The van der Waals surface area contributed by atoms with Crippen LogP contribution in [0.1, 0.15) is 44.7 Å². The SMILES string of the molecule is CC[C@H](NC(=O)[C@H](C)NC)C(=O)N1CCC[C@H]1c1cccc(N(C)c2ccccc2)c1. The minimum Gasteiger partial charge on any atom is -0.345 e. The lowest BCUT2D eigenvalue weighted by molar-refractivity contribution is -0.137. The molecule has 1 aliphatic heterocycles. The van der Waals surface area contributed by atoms with Gasteiger partial charge in [-0.05, 0) is 63.1 Å². The van der Waals surface area contributed by atoms with Crippen LogP contribution in [-0.4, -0.2) is 49.4 Å². The standard InChI is InChI=1S/C25H34N4O2/c1-5-22(27-24(30)18(2)26-3)25(31)29-16-10-15-23(29)19-11-9-14-21(17-19)28(4)20-12-7-6-8-13-20/h6-9,11-14,17-18,22-23,26H,5,10,15-16H2,1-4H3,(H,27,30)/t18-,22-,23-/m0/s1. The number of carbonyl (C=O) groups is 2. The summed E-state index contributed by atoms with van der Waals surface area (Å²) in [5.41, 5.74) is 3.34. The molecule has 3 atom stereocenters. The fraction of sp³-hybridized carbons (Fsp3) is 0.440. The van der Waals surface area contributed by atoms with Crippen molar-refractivity contribution in [2.75, 3.05) is 25.5 Å². The maximum absolute atomic E-state index is 13.3. The van der Waals surface area contributed by atoms with Crippen LogP contribution < -0.4 is 15.5 Å². The van der Waals surface area contributed by atoms with Crippen molar-refractivity contribution >= 4 is 23.2 Å². The van der Waals surface area contributed by atoms with E-state index in [4.69, 9.17) is 0 Å². The van der Waals surface area contributed by atoms with Gasteiger partial charge in [0, 0.05) is 25.0 Å². The van der Waals surface area contributed by atoms with Crippen molar-refractivity contribution < 1.29 is 9.59 Å². The highest BCUT2D eigenvalue weighted by atomic mass is 16.2. The first kappa shape index (κ1) is 22.8. The number of likely N-dealkylation sites (N-methyl/N-ethyl adjacent to an activating group) is 1. The van der Waals surface area contributed by atoms with Gasteiger partial charge in [-0.3, -0.25) is 9.59 Å². The van der Waals surface area contributed by atoms with Gasteiger partial charge in [0.1, 0.15) is 6.04 Å². The summed E-state index contributed by atoms with van der Waals surface area (Å²) in [7, 11) is 3.79. The van der Waals surface area contributed by atoms with Gasteiger partial charge < -0.3 is 20.4 Å². The highest BCUT2D eigenvalue weighted by Gasteiger charge is 2.34. The predicted octanol–water partition coefficient (Wildman–Crippen LogP) is 3.62. The first-order valence-corrected chi connectivity index (χ1v) is 11.1. The summed E-state index contributed by atoms with van der Waals surface area (Å²) in [6.07, 6.45) is 2.47. The summed E-state index contributed by atoms with van der Waals surface area (Å²) >= 11 is 0. The van der Waals surface area contributed by atoms with E-state index in [0.29, 0.717) is 6.42 Å². The van der Waals surface area contributed by atoms with Crippen LogP contribution in [0.2, 0.25) is 0 Å². The molecule has 0 aromatic heterocycles. The van der Waals surface area contributed by atoms with Crippen LogP contribution in [0, 0.1) is 0 Å². The Hall–Kier alpha value is -2.86. The van der Waals surface area contributed by atoms with Gasteiger partial charge in [0.15, 0.2) is 0 Å². The van der Waals surface area contributed by atoms with Crippen LogP contribution in [0.4, 0.5) is 11.4 Å². The molecule has 1 fully saturated rings. The summed E-state index contributed by atoms with van der Waals surface area (Å²) < 4.78 is 0. The van der Waals surface area contributed by atoms with Gasteiger partial charge in [-0.2, -0.15) is 0 Å². The lowest BCUT2D eigenvalue weighted by Gasteiger charge is -2.30. The van der Waals surface area contributed by atoms with Crippen molar-refractivity contribution in [3.05, 3.63) is 60.2 Å². The normalized spacial score (nSPS) is 17.8. The molecule has 1 heterocycles. The minimum atomic E-state index is -0.501. The minimum absolute atomic E-state index is 0.00321. The van der Waals surface area contributed by atoms with Crippen LogP contribution in [0.5, 0.6) is 0 Å². The molecule has 0 unspecified atom stereocenters. The fourth-order valence-corrected chi connectivity index (χ4v) is 4.08. The molecule has 1 saturated heterocycles. The van der Waals surface area contributed by atoms with Crippen LogP contribution in [0.15, 0.2) is 54.6 Å². The number of likely N-dealkylation sites (tertiary alicyclic amines) is 1. The number of carbonyl (C=O) groups excluding carboxylic acids is 2. The summed E-state index contributed by atoms with van der Waals surface area (Å²) in [6.45, 7) is 4.45. The number of amides is 2. The van der Waals surface area contributed by atoms with E-state index in [9.17, 15) is 9.59 Å². The van der Waals surface area contributed by atoms with Gasteiger partial charge >= 0.3 is 0 Å². The van der Waals surface area contributed by atoms with E-state index in [0.717, 1.165) is 36.3 Å². The molecule has 6 heteroatoms. The Morgan fingerprint density at radius 3 is 2.52 bits per heavy atom. The zero-order chi connectivity index (χ0) is 22.4. The van der Waals surface area contributed by atoms with Crippen LogP contribution in [0.3, 0.4) is 0 Å². The van der Waals surface area contributed by atoms with Crippen LogP contribution in [-0.2, 0) is 9.59 Å². The van der Waals surface area contributed by atoms with Crippen molar-refractivity contribution in [1.29, 1.82) is 0 Å². The molecule has 3 rings (SSSR count). The highest BCUT2D eigenvalue weighted by Crippen LogP contribution is 2.35. The molecule has 2 aromatic carbocycles. The largest absolute Gasteiger partial charge is 0.345 e. The van der Waals surface area contributed by atoms with Crippen molar-refractivity contribution in [2.24, 2.45) is 0 Å². The Morgan fingerprint density at radius 1 is 1.13 bits per heavy atom. The maximum atomic E-state index is 13.3. The molecular formula is C25H34N4O2. The number of para-hydroxylation sites is 1. The monoisotopic (exact) mass is 422 g/mol. The molecular weight excluding hydrogens is 388 g/mol. The van der Waals surface area contributed by atoms with Crippen molar-refractivity contribution in [1.82, 2.24) is 15.5 Å². The summed E-state index contributed by atoms with van der Waals surface area (Å²) in [5.74, 6) is -0.145. The molecule has 166 valence electrons. The summed E-state index contributed by atoms with van der Waals surface area (Å²) in [5, 5.41) is 5.84. The molecule has 2 aromatic rings.